The molecule has 6 rings (SSSR count). The van der Waals surface area contributed by atoms with E-state index < -0.39 is 0 Å². The number of carbonyl (C=O) groups excluding carboxylic acids is 1. The molecule has 10 atom stereocenters. The molecular formula is C35H49NO4. The van der Waals surface area contributed by atoms with Crippen LogP contribution in [0.3, 0.4) is 0 Å². The third kappa shape index (κ3) is 4.75. The quantitative estimate of drug-likeness (QED) is 0.323. The summed E-state index contributed by atoms with van der Waals surface area (Å²) >= 11 is 0. The van der Waals surface area contributed by atoms with Gasteiger partial charge in [-0.05, 0) is 127 Å². The Morgan fingerprint density at radius 2 is 1.70 bits per heavy atom. The Balaban J connectivity index is 1.06. The van der Waals surface area contributed by atoms with E-state index in [1.54, 1.807) is 0 Å². The maximum Gasteiger partial charge on any atom is 0.411 e. The van der Waals surface area contributed by atoms with E-state index in [0.717, 1.165) is 55.0 Å². The molecule has 0 bridgehead atoms. The van der Waals surface area contributed by atoms with Gasteiger partial charge in [-0.25, -0.2) is 4.79 Å². The SMILES string of the molecule is CC[C@H]1[C@@H](O)[C@@H]2[C@H](CC[C@]3(C)[C@@H](CCCOC(=O)Nc4ccc5ccccc5c4)CC[C@@H]23)[C@@]2(C)CC[C@@H](O)C[C@@H]12. The van der Waals surface area contributed by atoms with E-state index in [9.17, 15) is 15.0 Å². The first-order valence-corrected chi connectivity index (χ1v) is 16.0. The first kappa shape index (κ1) is 28.0. The number of carbonyl (C=O) groups is 1. The topological polar surface area (TPSA) is 78.8 Å². The molecule has 0 radical (unpaired) electrons. The molecule has 2 aromatic carbocycles. The van der Waals surface area contributed by atoms with Crippen molar-refractivity contribution in [1.29, 1.82) is 0 Å². The van der Waals surface area contributed by atoms with Crippen molar-refractivity contribution in [2.24, 2.45) is 46.3 Å². The number of rotatable bonds is 6. The number of aliphatic hydroxyl groups is 2. The highest BCUT2D eigenvalue weighted by atomic mass is 16.5. The minimum absolute atomic E-state index is 0.197. The van der Waals surface area contributed by atoms with Crippen molar-refractivity contribution in [3.8, 4) is 0 Å². The average molecular weight is 548 g/mol. The van der Waals surface area contributed by atoms with Crippen LogP contribution in [0.2, 0.25) is 0 Å². The van der Waals surface area contributed by atoms with Gasteiger partial charge in [-0.15, -0.1) is 0 Å². The van der Waals surface area contributed by atoms with Crippen LogP contribution in [0.15, 0.2) is 42.5 Å². The summed E-state index contributed by atoms with van der Waals surface area (Å²) < 4.78 is 5.59. The van der Waals surface area contributed by atoms with Crippen molar-refractivity contribution in [2.75, 3.05) is 11.9 Å². The molecule has 0 aromatic heterocycles. The van der Waals surface area contributed by atoms with Gasteiger partial charge in [-0.1, -0.05) is 57.5 Å². The predicted molar refractivity (Wildman–Crippen MR) is 160 cm³/mol. The number of amides is 1. The molecular weight excluding hydrogens is 498 g/mol. The number of hydrogen-bond donors (Lipinski definition) is 3. The highest BCUT2D eigenvalue weighted by Gasteiger charge is 2.64. The largest absolute Gasteiger partial charge is 0.449 e. The summed E-state index contributed by atoms with van der Waals surface area (Å²) in [5, 5.41) is 27.5. The summed E-state index contributed by atoms with van der Waals surface area (Å²) in [6.45, 7) is 7.69. The van der Waals surface area contributed by atoms with Crippen molar-refractivity contribution in [1.82, 2.24) is 0 Å². The van der Waals surface area contributed by atoms with Crippen molar-refractivity contribution < 1.29 is 19.7 Å². The first-order chi connectivity index (χ1) is 19.2. The Morgan fingerprint density at radius 3 is 2.50 bits per heavy atom. The standard InChI is InChI=1S/C35H49NO4/c1-4-27-30-21-26(37)15-17-35(30,3)29-16-18-34(2)24(12-14-28(34)31(29)32(27)38)10-7-19-40-33(39)36-25-13-11-22-8-5-6-9-23(22)20-25/h5-6,8-9,11,13,20,24,26-32,37-38H,4,7,10,12,14-19,21H2,1-3H3,(H,36,39)/t24-,26+,27+,28-,29-,30-,31-,32+,34+,35+/m0/s1. The van der Waals surface area contributed by atoms with E-state index in [1.807, 2.05) is 36.4 Å². The molecule has 5 nitrogen and oxygen atoms in total. The van der Waals surface area contributed by atoms with E-state index in [1.165, 1.54) is 25.7 Å². The van der Waals surface area contributed by atoms with Gasteiger partial charge in [-0.2, -0.15) is 0 Å². The van der Waals surface area contributed by atoms with Crippen molar-refractivity contribution in [3.63, 3.8) is 0 Å². The zero-order valence-corrected chi connectivity index (χ0v) is 24.6. The normalized spacial score (nSPS) is 40.6. The second kappa shape index (κ2) is 10.9. The minimum atomic E-state index is -0.386. The van der Waals surface area contributed by atoms with Crippen LogP contribution in [0.4, 0.5) is 10.5 Å². The average Bonchev–Trinajstić information content (AvgIpc) is 3.28. The minimum Gasteiger partial charge on any atom is -0.449 e. The van der Waals surface area contributed by atoms with Crippen molar-refractivity contribution >= 4 is 22.6 Å². The predicted octanol–water partition coefficient (Wildman–Crippen LogP) is 7.80. The Hall–Kier alpha value is -2.11. The monoisotopic (exact) mass is 547 g/mol. The number of hydrogen-bond acceptors (Lipinski definition) is 4. The maximum atomic E-state index is 12.5. The van der Waals surface area contributed by atoms with Crippen LogP contribution in [-0.2, 0) is 4.74 Å². The summed E-state index contributed by atoms with van der Waals surface area (Å²) in [5.41, 5.74) is 1.26. The van der Waals surface area contributed by atoms with Crippen LogP contribution < -0.4 is 5.32 Å². The number of fused-ring (bicyclic) bond motifs is 6. The number of benzene rings is 2. The fourth-order valence-electron chi connectivity index (χ4n) is 10.5. The molecule has 5 heteroatoms. The zero-order chi connectivity index (χ0) is 28.1. The highest BCUT2D eigenvalue weighted by Crippen LogP contribution is 2.69. The Kier molecular flexibility index (Phi) is 7.67. The summed E-state index contributed by atoms with van der Waals surface area (Å²) in [5.74, 6) is 2.89. The molecule has 0 saturated heterocycles. The lowest BCUT2D eigenvalue weighted by Gasteiger charge is -2.64. The molecule has 218 valence electrons. The van der Waals surface area contributed by atoms with E-state index in [0.29, 0.717) is 42.1 Å². The Bertz CT molecular complexity index is 1210. The number of ether oxygens (including phenoxy) is 1. The Labute approximate surface area is 240 Å². The molecule has 4 saturated carbocycles. The summed E-state index contributed by atoms with van der Waals surface area (Å²) in [4.78, 5) is 12.5. The molecule has 40 heavy (non-hydrogen) atoms. The van der Waals surface area contributed by atoms with Crippen molar-refractivity contribution in [2.45, 2.75) is 97.2 Å². The highest BCUT2D eigenvalue weighted by molar-refractivity contribution is 5.91. The van der Waals surface area contributed by atoms with Crippen LogP contribution in [0.1, 0.15) is 85.0 Å². The molecule has 0 aliphatic heterocycles. The van der Waals surface area contributed by atoms with Gasteiger partial charge in [0.15, 0.2) is 0 Å². The van der Waals surface area contributed by atoms with E-state index in [2.05, 4.69) is 32.2 Å². The van der Waals surface area contributed by atoms with E-state index in [-0.39, 0.29) is 29.1 Å². The van der Waals surface area contributed by atoms with Crippen LogP contribution in [0, 0.1) is 46.3 Å². The van der Waals surface area contributed by atoms with Crippen LogP contribution >= 0.6 is 0 Å². The Morgan fingerprint density at radius 1 is 0.950 bits per heavy atom. The molecule has 4 aliphatic rings. The number of anilines is 1. The van der Waals surface area contributed by atoms with Crippen LogP contribution in [0.5, 0.6) is 0 Å². The molecule has 0 heterocycles. The smallest absolute Gasteiger partial charge is 0.411 e. The van der Waals surface area contributed by atoms with Gasteiger partial charge in [-0.3, -0.25) is 5.32 Å². The third-order valence-electron chi connectivity index (χ3n) is 12.5. The molecule has 2 aromatic rings. The third-order valence-corrected chi connectivity index (χ3v) is 12.5. The molecule has 4 fully saturated rings. The summed E-state index contributed by atoms with van der Waals surface area (Å²) in [6.07, 6.45) is 9.89. The molecule has 1 amide bonds. The summed E-state index contributed by atoms with van der Waals surface area (Å²) in [7, 11) is 0. The lowest BCUT2D eigenvalue weighted by molar-refractivity contribution is -0.202. The molecule has 4 aliphatic carbocycles. The number of nitrogens with one attached hydrogen (secondary N) is 1. The first-order valence-electron chi connectivity index (χ1n) is 16.0. The van der Waals surface area contributed by atoms with Crippen LogP contribution in [0.25, 0.3) is 10.8 Å². The van der Waals surface area contributed by atoms with Gasteiger partial charge in [0.1, 0.15) is 0 Å². The van der Waals surface area contributed by atoms with E-state index >= 15 is 0 Å². The van der Waals surface area contributed by atoms with E-state index in [4.69, 9.17) is 4.74 Å². The van der Waals surface area contributed by atoms with Gasteiger partial charge in [0, 0.05) is 5.69 Å². The van der Waals surface area contributed by atoms with Gasteiger partial charge < -0.3 is 14.9 Å². The fraction of sp³-hybridized carbons (Fsp3) is 0.686. The lowest BCUT2D eigenvalue weighted by Crippen LogP contribution is -2.62. The van der Waals surface area contributed by atoms with Gasteiger partial charge in [0.05, 0.1) is 18.8 Å². The van der Waals surface area contributed by atoms with Crippen molar-refractivity contribution in [3.05, 3.63) is 42.5 Å². The van der Waals surface area contributed by atoms with Gasteiger partial charge >= 0.3 is 6.09 Å². The lowest BCUT2D eigenvalue weighted by atomic mass is 9.41. The van der Waals surface area contributed by atoms with Gasteiger partial charge in [0.2, 0.25) is 0 Å². The molecule has 3 N–H and O–H groups in total. The number of aliphatic hydroxyl groups excluding tert-OH is 2. The zero-order valence-electron chi connectivity index (χ0n) is 24.6. The molecule has 0 spiro atoms. The van der Waals surface area contributed by atoms with Crippen LogP contribution in [-0.4, -0.2) is 35.1 Å². The maximum absolute atomic E-state index is 12.5. The second-order valence-electron chi connectivity index (χ2n) is 14.2. The second-order valence-corrected chi connectivity index (χ2v) is 14.2. The fourth-order valence-corrected chi connectivity index (χ4v) is 10.5. The summed E-state index contributed by atoms with van der Waals surface area (Å²) in [6, 6.07) is 14.0. The molecule has 0 unspecified atom stereocenters. The van der Waals surface area contributed by atoms with Gasteiger partial charge in [0.25, 0.3) is 0 Å².